The Morgan fingerprint density at radius 2 is 2.27 bits per heavy atom. The first-order valence-electron chi connectivity index (χ1n) is 3.33. The zero-order valence-corrected chi connectivity index (χ0v) is 6.79. The van der Waals surface area contributed by atoms with Gasteiger partial charge >= 0.3 is 0 Å². The second-order valence-electron chi connectivity index (χ2n) is 2.27. The molecule has 1 amide bonds. The van der Waals surface area contributed by atoms with E-state index in [-0.39, 0.29) is 0 Å². The van der Waals surface area contributed by atoms with Crippen LogP contribution < -0.4 is 0 Å². The first-order chi connectivity index (χ1) is 5.20. The molecule has 0 radical (unpaired) electrons. The number of carbonyl (C=O) groups excluding carboxylic acids is 1. The van der Waals surface area contributed by atoms with Gasteiger partial charge in [0.1, 0.15) is 0 Å². The van der Waals surface area contributed by atoms with Crippen LogP contribution in [0.5, 0.6) is 0 Å². The molecule has 2 heteroatoms. The highest BCUT2D eigenvalue weighted by molar-refractivity contribution is 5.47. The van der Waals surface area contributed by atoms with Crippen LogP contribution in [0.4, 0.5) is 0 Å². The Balaban J connectivity index is 3.77. The number of amides is 1. The molecule has 0 spiro atoms. The third kappa shape index (κ3) is 5.15. The molecule has 0 aliphatic heterocycles. The number of rotatable bonds is 5. The summed E-state index contributed by atoms with van der Waals surface area (Å²) in [6.45, 7) is 7.83. The Kier molecular flexibility index (Phi) is 4.82. The molecule has 11 heavy (non-hydrogen) atoms. The molecular formula is C9H13NO. The highest BCUT2D eigenvalue weighted by Crippen LogP contribution is 1.94. The van der Waals surface area contributed by atoms with E-state index in [2.05, 4.69) is 13.2 Å². The SMILES string of the molecule is C=C/C=C\C(=C)CN(C)C=O. The maximum absolute atomic E-state index is 10.2. The minimum absolute atomic E-state index is 0.563. The molecule has 0 heterocycles. The summed E-state index contributed by atoms with van der Waals surface area (Å²) in [6, 6.07) is 0. The van der Waals surface area contributed by atoms with Crippen LogP contribution in [0, 0.1) is 0 Å². The maximum Gasteiger partial charge on any atom is 0.209 e. The number of hydrogen-bond acceptors (Lipinski definition) is 1. The fourth-order valence-corrected chi connectivity index (χ4v) is 0.614. The molecule has 0 saturated heterocycles. The summed E-state index contributed by atoms with van der Waals surface area (Å²) in [4.78, 5) is 11.7. The zero-order valence-electron chi connectivity index (χ0n) is 6.79. The van der Waals surface area contributed by atoms with E-state index in [9.17, 15) is 4.79 Å². The predicted octanol–water partition coefficient (Wildman–Crippen LogP) is 1.37. The summed E-state index contributed by atoms with van der Waals surface area (Å²) >= 11 is 0. The summed E-state index contributed by atoms with van der Waals surface area (Å²) in [7, 11) is 1.71. The fourth-order valence-electron chi connectivity index (χ4n) is 0.614. The van der Waals surface area contributed by atoms with Crippen LogP contribution in [-0.4, -0.2) is 24.9 Å². The highest BCUT2D eigenvalue weighted by atomic mass is 16.1. The summed E-state index contributed by atoms with van der Waals surface area (Å²) in [5.74, 6) is 0. The molecule has 0 aromatic carbocycles. The standard InChI is InChI=1S/C9H13NO/c1-4-5-6-9(2)7-10(3)8-11/h4-6,8H,1-2,7H2,3H3/b6-5-. The van der Waals surface area contributed by atoms with Crippen LogP contribution in [0.1, 0.15) is 0 Å². The van der Waals surface area contributed by atoms with Crippen LogP contribution >= 0.6 is 0 Å². The molecule has 0 aliphatic rings. The minimum atomic E-state index is 0.563. The predicted molar refractivity (Wildman–Crippen MR) is 47.2 cm³/mol. The lowest BCUT2D eigenvalue weighted by Gasteiger charge is -2.08. The van der Waals surface area contributed by atoms with E-state index in [1.165, 1.54) is 4.90 Å². The summed E-state index contributed by atoms with van der Waals surface area (Å²) < 4.78 is 0. The van der Waals surface area contributed by atoms with Gasteiger partial charge in [-0.05, 0) is 5.57 Å². The third-order valence-electron chi connectivity index (χ3n) is 1.10. The second-order valence-corrected chi connectivity index (χ2v) is 2.27. The van der Waals surface area contributed by atoms with Crippen molar-refractivity contribution in [2.45, 2.75) is 0 Å². The van der Waals surface area contributed by atoms with Gasteiger partial charge in [-0.25, -0.2) is 0 Å². The molecule has 0 fully saturated rings. The maximum atomic E-state index is 10.2. The lowest BCUT2D eigenvalue weighted by atomic mass is 10.2. The van der Waals surface area contributed by atoms with Gasteiger partial charge in [-0.15, -0.1) is 0 Å². The van der Waals surface area contributed by atoms with Crippen LogP contribution in [-0.2, 0) is 4.79 Å². The summed E-state index contributed by atoms with van der Waals surface area (Å²) in [5, 5.41) is 0. The molecule has 60 valence electrons. The third-order valence-corrected chi connectivity index (χ3v) is 1.10. The molecular weight excluding hydrogens is 138 g/mol. The largest absolute Gasteiger partial charge is 0.344 e. The van der Waals surface area contributed by atoms with E-state index in [0.29, 0.717) is 6.54 Å². The van der Waals surface area contributed by atoms with Gasteiger partial charge in [-0.1, -0.05) is 31.4 Å². The van der Waals surface area contributed by atoms with E-state index >= 15 is 0 Å². The zero-order chi connectivity index (χ0) is 8.69. The number of allylic oxidation sites excluding steroid dienone is 2. The Hall–Kier alpha value is -1.31. The number of carbonyl (C=O) groups is 1. The van der Waals surface area contributed by atoms with Crippen molar-refractivity contribution in [1.82, 2.24) is 4.90 Å². The smallest absolute Gasteiger partial charge is 0.209 e. The average Bonchev–Trinajstić information content (AvgIpc) is 2.00. The van der Waals surface area contributed by atoms with E-state index in [0.717, 1.165) is 12.0 Å². The van der Waals surface area contributed by atoms with Gasteiger partial charge in [-0.3, -0.25) is 4.79 Å². The van der Waals surface area contributed by atoms with Crippen molar-refractivity contribution in [3.05, 3.63) is 37.0 Å². The van der Waals surface area contributed by atoms with Crippen LogP contribution in [0.25, 0.3) is 0 Å². The van der Waals surface area contributed by atoms with Crippen LogP contribution in [0.3, 0.4) is 0 Å². The second kappa shape index (κ2) is 5.47. The average molecular weight is 151 g/mol. The van der Waals surface area contributed by atoms with Crippen molar-refractivity contribution in [1.29, 1.82) is 0 Å². The molecule has 0 aliphatic carbocycles. The molecule has 0 aromatic rings. The Bertz CT molecular complexity index is 182. The van der Waals surface area contributed by atoms with E-state index in [4.69, 9.17) is 0 Å². The Labute approximate surface area is 67.5 Å². The van der Waals surface area contributed by atoms with Gasteiger partial charge in [0.05, 0.1) is 0 Å². The first-order valence-corrected chi connectivity index (χ1v) is 3.33. The quantitative estimate of drug-likeness (QED) is 0.429. The molecule has 0 rings (SSSR count). The van der Waals surface area contributed by atoms with E-state index < -0.39 is 0 Å². The molecule has 2 nitrogen and oxygen atoms in total. The topological polar surface area (TPSA) is 20.3 Å². The van der Waals surface area contributed by atoms with Crippen molar-refractivity contribution in [2.75, 3.05) is 13.6 Å². The first kappa shape index (κ1) is 9.69. The lowest BCUT2D eigenvalue weighted by molar-refractivity contribution is -0.116. The van der Waals surface area contributed by atoms with Gasteiger partial charge in [0, 0.05) is 13.6 Å². The molecule has 0 atom stereocenters. The molecule has 0 N–H and O–H groups in total. The van der Waals surface area contributed by atoms with Crippen LogP contribution in [0.15, 0.2) is 37.0 Å². The van der Waals surface area contributed by atoms with Crippen molar-refractivity contribution in [3.63, 3.8) is 0 Å². The van der Waals surface area contributed by atoms with Crippen LogP contribution in [0.2, 0.25) is 0 Å². The van der Waals surface area contributed by atoms with E-state index in [1.54, 1.807) is 19.2 Å². The fraction of sp³-hybridized carbons (Fsp3) is 0.222. The Morgan fingerprint density at radius 1 is 1.64 bits per heavy atom. The number of nitrogens with zero attached hydrogens (tertiary/aromatic N) is 1. The molecule has 0 aromatic heterocycles. The van der Waals surface area contributed by atoms with Gasteiger partial charge in [0.25, 0.3) is 0 Å². The number of likely N-dealkylation sites (N-methyl/N-ethyl adjacent to an activating group) is 1. The van der Waals surface area contributed by atoms with Gasteiger partial charge in [0.2, 0.25) is 6.41 Å². The van der Waals surface area contributed by atoms with Gasteiger partial charge < -0.3 is 4.90 Å². The monoisotopic (exact) mass is 151 g/mol. The highest BCUT2D eigenvalue weighted by Gasteiger charge is 1.92. The van der Waals surface area contributed by atoms with Gasteiger partial charge in [-0.2, -0.15) is 0 Å². The molecule has 0 saturated carbocycles. The number of hydrogen-bond donors (Lipinski definition) is 0. The van der Waals surface area contributed by atoms with Crippen molar-refractivity contribution < 1.29 is 4.79 Å². The van der Waals surface area contributed by atoms with Crippen molar-refractivity contribution >= 4 is 6.41 Å². The normalized spacial score (nSPS) is 9.55. The van der Waals surface area contributed by atoms with Crippen molar-refractivity contribution in [3.8, 4) is 0 Å². The van der Waals surface area contributed by atoms with Gasteiger partial charge in [0.15, 0.2) is 0 Å². The molecule has 0 bridgehead atoms. The van der Waals surface area contributed by atoms with Crippen molar-refractivity contribution in [2.24, 2.45) is 0 Å². The summed E-state index contributed by atoms with van der Waals surface area (Å²) in [5.41, 5.74) is 0.888. The minimum Gasteiger partial charge on any atom is -0.344 e. The van der Waals surface area contributed by atoms with E-state index in [1.807, 2.05) is 6.08 Å². The summed E-state index contributed by atoms with van der Waals surface area (Å²) in [6.07, 6.45) is 6.06. The lowest BCUT2D eigenvalue weighted by Crippen LogP contribution is -2.17. The Morgan fingerprint density at radius 3 is 2.73 bits per heavy atom. The molecule has 0 unspecified atom stereocenters.